The topological polar surface area (TPSA) is 77.8 Å². The highest BCUT2D eigenvalue weighted by molar-refractivity contribution is 6.28. The summed E-state index contributed by atoms with van der Waals surface area (Å²) in [5.74, 6) is -0.895. The zero-order valence-electron chi connectivity index (χ0n) is 9.86. The van der Waals surface area contributed by atoms with E-state index in [9.17, 15) is 19.8 Å². The van der Waals surface area contributed by atoms with Gasteiger partial charge in [-0.15, -0.1) is 11.6 Å². The predicted octanol–water partition coefficient (Wildman–Crippen LogP) is 0.749. The average molecular weight is 282 g/mol. The molecule has 0 aromatic heterocycles. The third-order valence-electron chi connectivity index (χ3n) is 2.82. The van der Waals surface area contributed by atoms with E-state index in [1.807, 2.05) is 0 Å². The molecule has 1 aliphatic rings. The maximum atomic E-state index is 11.5. The van der Waals surface area contributed by atoms with Crippen molar-refractivity contribution in [3.8, 4) is 0 Å². The molecule has 6 heteroatoms. The number of aliphatic hydroxyl groups excluding tert-OH is 2. The number of amides is 2. The Balaban J connectivity index is 2.19. The van der Waals surface area contributed by atoms with Crippen LogP contribution in [0, 0.1) is 0 Å². The molecule has 0 saturated heterocycles. The summed E-state index contributed by atoms with van der Waals surface area (Å²) < 4.78 is 0. The molecule has 0 saturated carbocycles. The quantitative estimate of drug-likeness (QED) is 0.631. The van der Waals surface area contributed by atoms with Gasteiger partial charge in [0.25, 0.3) is 11.8 Å². The van der Waals surface area contributed by atoms with E-state index in [0.29, 0.717) is 11.3 Å². The van der Waals surface area contributed by atoms with Gasteiger partial charge in [0, 0.05) is 12.2 Å². The summed E-state index contributed by atoms with van der Waals surface area (Å²) in [6, 6.07) is 6.13. The first kappa shape index (κ1) is 13.7. The van der Waals surface area contributed by atoms with E-state index in [-0.39, 0.29) is 5.88 Å². The van der Waals surface area contributed by atoms with Crippen molar-refractivity contribution in [1.29, 1.82) is 0 Å². The van der Waals surface area contributed by atoms with Crippen LogP contribution in [0.1, 0.15) is 11.7 Å². The number of nitrogens with zero attached hydrogens (tertiary/aromatic N) is 1. The molecule has 0 bridgehead atoms. The first-order valence-corrected chi connectivity index (χ1v) is 6.16. The lowest BCUT2D eigenvalue weighted by molar-refractivity contribution is -0.119. The highest BCUT2D eigenvalue weighted by Crippen LogP contribution is 2.23. The van der Waals surface area contributed by atoms with Gasteiger partial charge in [0.1, 0.15) is 6.10 Å². The smallest absolute Gasteiger partial charge is 0.258 e. The fraction of sp³-hybridized carbons (Fsp3) is 0.231. The number of hydrogen-bond donors (Lipinski definition) is 2. The molecular formula is C13H12ClNO4. The van der Waals surface area contributed by atoms with Gasteiger partial charge in [-0.2, -0.15) is 0 Å². The summed E-state index contributed by atoms with van der Waals surface area (Å²) in [5, 5.41) is 19.2. The van der Waals surface area contributed by atoms with Crippen LogP contribution in [0.4, 0.5) is 5.69 Å². The van der Waals surface area contributed by atoms with Crippen LogP contribution in [0.3, 0.4) is 0 Å². The highest BCUT2D eigenvalue weighted by atomic mass is 35.5. The number of halogens is 1. The predicted molar refractivity (Wildman–Crippen MR) is 69.8 cm³/mol. The number of alkyl halides is 1. The third-order valence-corrected chi connectivity index (χ3v) is 3.14. The molecular weight excluding hydrogens is 270 g/mol. The zero-order valence-corrected chi connectivity index (χ0v) is 10.6. The van der Waals surface area contributed by atoms with Crippen molar-refractivity contribution in [3.05, 3.63) is 42.0 Å². The molecule has 2 atom stereocenters. The number of imide groups is 1. The monoisotopic (exact) mass is 281 g/mol. The van der Waals surface area contributed by atoms with Crippen molar-refractivity contribution >= 4 is 29.1 Å². The molecule has 0 fully saturated rings. The number of hydrogen-bond acceptors (Lipinski definition) is 4. The second-order valence-corrected chi connectivity index (χ2v) is 4.41. The minimum absolute atomic E-state index is 0.0874. The van der Waals surface area contributed by atoms with Crippen LogP contribution in [0.2, 0.25) is 0 Å². The largest absolute Gasteiger partial charge is 0.389 e. The van der Waals surface area contributed by atoms with Crippen LogP contribution in [-0.2, 0) is 9.59 Å². The van der Waals surface area contributed by atoms with Gasteiger partial charge in [0.05, 0.1) is 17.7 Å². The normalized spacial score (nSPS) is 17.9. The van der Waals surface area contributed by atoms with E-state index in [1.165, 1.54) is 36.4 Å². The van der Waals surface area contributed by atoms with E-state index in [4.69, 9.17) is 11.6 Å². The molecule has 1 aromatic carbocycles. The number of rotatable bonds is 4. The maximum absolute atomic E-state index is 11.5. The maximum Gasteiger partial charge on any atom is 0.258 e. The fourth-order valence-electron chi connectivity index (χ4n) is 1.78. The number of carbonyl (C=O) groups excluding carboxylic acids is 2. The van der Waals surface area contributed by atoms with Crippen molar-refractivity contribution < 1.29 is 19.8 Å². The van der Waals surface area contributed by atoms with Crippen molar-refractivity contribution in [2.24, 2.45) is 0 Å². The van der Waals surface area contributed by atoms with Gasteiger partial charge in [-0.1, -0.05) is 12.1 Å². The molecule has 5 nitrogen and oxygen atoms in total. The Kier molecular flexibility index (Phi) is 3.99. The zero-order chi connectivity index (χ0) is 14.0. The minimum atomic E-state index is -1.10. The van der Waals surface area contributed by atoms with Gasteiger partial charge < -0.3 is 10.2 Å². The molecule has 2 rings (SSSR count). The molecule has 2 N–H and O–H groups in total. The molecule has 2 amide bonds. The number of benzene rings is 1. The van der Waals surface area contributed by atoms with Crippen LogP contribution in [0.5, 0.6) is 0 Å². The third kappa shape index (κ3) is 2.68. The standard InChI is InChI=1S/C13H12ClNO4/c14-7-10(16)13(19)8-1-3-9(4-2-8)15-11(17)5-6-12(15)18/h1-6,10,13,16,19H,7H2. The van der Waals surface area contributed by atoms with Crippen LogP contribution in [0.25, 0.3) is 0 Å². The molecule has 1 aliphatic heterocycles. The van der Waals surface area contributed by atoms with Crippen LogP contribution >= 0.6 is 11.6 Å². The van der Waals surface area contributed by atoms with Crippen molar-refractivity contribution in [3.63, 3.8) is 0 Å². The first-order chi connectivity index (χ1) is 9.04. The van der Waals surface area contributed by atoms with Crippen LogP contribution in [-0.4, -0.2) is 34.0 Å². The number of carbonyl (C=O) groups is 2. The SMILES string of the molecule is O=C1C=CC(=O)N1c1ccc(C(O)C(O)CCl)cc1. The second kappa shape index (κ2) is 5.52. The molecule has 19 heavy (non-hydrogen) atoms. The Morgan fingerprint density at radius 2 is 1.58 bits per heavy atom. The first-order valence-electron chi connectivity index (χ1n) is 5.63. The van der Waals surface area contributed by atoms with Gasteiger partial charge in [-0.25, -0.2) is 4.90 Å². The van der Waals surface area contributed by atoms with E-state index < -0.39 is 24.0 Å². The lowest BCUT2D eigenvalue weighted by Crippen LogP contribution is -2.29. The van der Waals surface area contributed by atoms with Gasteiger partial charge >= 0.3 is 0 Å². The van der Waals surface area contributed by atoms with Crippen LogP contribution in [0.15, 0.2) is 36.4 Å². The summed E-state index contributed by atoms with van der Waals surface area (Å²) in [6.45, 7) is 0. The Bertz CT molecular complexity index is 508. The van der Waals surface area contributed by atoms with Gasteiger partial charge in [-0.05, 0) is 17.7 Å². The lowest BCUT2D eigenvalue weighted by atomic mass is 10.0. The Morgan fingerprint density at radius 1 is 1.05 bits per heavy atom. The second-order valence-electron chi connectivity index (χ2n) is 4.10. The van der Waals surface area contributed by atoms with Gasteiger partial charge in [-0.3, -0.25) is 9.59 Å². The van der Waals surface area contributed by atoms with E-state index in [0.717, 1.165) is 4.90 Å². The molecule has 100 valence electrons. The molecule has 2 unspecified atom stereocenters. The van der Waals surface area contributed by atoms with E-state index in [1.54, 1.807) is 0 Å². The highest BCUT2D eigenvalue weighted by Gasteiger charge is 2.25. The van der Waals surface area contributed by atoms with Gasteiger partial charge in [0.2, 0.25) is 0 Å². The number of aliphatic hydroxyl groups is 2. The Labute approximate surface area is 114 Å². The molecule has 1 aromatic rings. The minimum Gasteiger partial charge on any atom is -0.389 e. The Hall–Kier alpha value is -1.69. The Morgan fingerprint density at radius 3 is 2.05 bits per heavy atom. The molecule has 0 spiro atoms. The van der Waals surface area contributed by atoms with Gasteiger partial charge in [0.15, 0.2) is 0 Å². The molecule has 0 aliphatic carbocycles. The van der Waals surface area contributed by atoms with Crippen molar-refractivity contribution in [1.82, 2.24) is 0 Å². The van der Waals surface area contributed by atoms with Crippen LogP contribution < -0.4 is 4.90 Å². The molecule has 0 radical (unpaired) electrons. The summed E-state index contributed by atoms with van der Waals surface area (Å²) >= 11 is 5.45. The van der Waals surface area contributed by atoms with E-state index in [2.05, 4.69) is 0 Å². The lowest BCUT2D eigenvalue weighted by Gasteiger charge is -2.18. The summed E-state index contributed by atoms with van der Waals surface area (Å²) in [6.07, 6.45) is 0.226. The summed E-state index contributed by atoms with van der Waals surface area (Å²) in [7, 11) is 0. The summed E-state index contributed by atoms with van der Waals surface area (Å²) in [5.41, 5.74) is 0.875. The average Bonchev–Trinajstić information content (AvgIpc) is 2.77. The summed E-state index contributed by atoms with van der Waals surface area (Å²) in [4.78, 5) is 24.0. The number of anilines is 1. The van der Waals surface area contributed by atoms with Crippen molar-refractivity contribution in [2.75, 3.05) is 10.8 Å². The fourth-order valence-corrected chi connectivity index (χ4v) is 1.95. The molecule has 1 heterocycles. The van der Waals surface area contributed by atoms with E-state index >= 15 is 0 Å². The van der Waals surface area contributed by atoms with Crippen molar-refractivity contribution in [2.45, 2.75) is 12.2 Å².